The van der Waals surface area contributed by atoms with E-state index in [0.717, 1.165) is 56.6 Å². The minimum Gasteiger partial charge on any atom is -0.312 e. The topological polar surface area (TPSA) is 69.7 Å². The van der Waals surface area contributed by atoms with E-state index in [4.69, 9.17) is 0 Å². The van der Waals surface area contributed by atoms with Gasteiger partial charge < -0.3 is 9.80 Å². The second kappa shape index (κ2) is 8.06. The first-order valence-corrected chi connectivity index (χ1v) is 11.0. The number of nitrogens with zero attached hydrogens (tertiary/aromatic N) is 2. The van der Waals surface area contributed by atoms with Gasteiger partial charge in [-0.05, 0) is 68.9 Å². The van der Waals surface area contributed by atoms with Gasteiger partial charge in [0.05, 0.1) is 4.90 Å². The van der Waals surface area contributed by atoms with Crippen LogP contribution < -0.4 is 9.62 Å². The number of carbonyl (C=O) groups excluding carboxylic acids is 1. The average molecular weight is 380 g/mol. The maximum Gasteiger partial charge on any atom is 0.240 e. The summed E-state index contributed by atoms with van der Waals surface area (Å²) >= 11 is 0. The first-order valence-electron chi connectivity index (χ1n) is 9.53. The Kier molecular flexibility index (Phi) is 5.99. The summed E-state index contributed by atoms with van der Waals surface area (Å²) in [6.45, 7) is 8.02. The molecule has 0 saturated carbocycles. The van der Waals surface area contributed by atoms with Crippen LogP contribution in [0.3, 0.4) is 0 Å². The Morgan fingerprint density at radius 1 is 1.23 bits per heavy atom. The lowest BCUT2D eigenvalue weighted by Crippen LogP contribution is -2.38. The average Bonchev–Trinajstić information content (AvgIpc) is 3.05. The number of carbonyl (C=O) groups is 1. The molecule has 2 heterocycles. The predicted molar refractivity (Wildman–Crippen MR) is 103 cm³/mol. The fourth-order valence-electron chi connectivity index (χ4n) is 3.89. The van der Waals surface area contributed by atoms with Crippen LogP contribution >= 0.6 is 0 Å². The number of hydrogen-bond acceptors (Lipinski definition) is 4. The van der Waals surface area contributed by atoms with Gasteiger partial charge in [-0.1, -0.05) is 13.0 Å². The molecule has 2 aliphatic rings. The third-order valence-electron chi connectivity index (χ3n) is 5.45. The molecule has 2 aliphatic heterocycles. The Balaban J connectivity index is 1.63. The van der Waals surface area contributed by atoms with Crippen molar-refractivity contribution >= 4 is 21.6 Å². The fourth-order valence-corrected chi connectivity index (χ4v) is 5.03. The standard InChI is InChI=1S/C19H29N3O3S/c1-3-9-21-10-6-16(7-11-21)14-20-26(24,25)18-5-4-17-8-12-22(15(2)23)19(17)13-18/h4-5,13,16,20H,3,6-12,14H2,1-2H3. The number of nitrogens with one attached hydrogen (secondary N) is 1. The van der Waals surface area contributed by atoms with Crippen LogP contribution in [0.1, 0.15) is 38.7 Å². The van der Waals surface area contributed by atoms with E-state index in [-0.39, 0.29) is 10.8 Å². The van der Waals surface area contributed by atoms with Crippen LogP contribution in [0, 0.1) is 5.92 Å². The van der Waals surface area contributed by atoms with Crippen molar-refractivity contribution in [3.05, 3.63) is 23.8 Å². The first-order chi connectivity index (χ1) is 12.4. The van der Waals surface area contributed by atoms with Crippen LogP contribution in [-0.2, 0) is 21.2 Å². The van der Waals surface area contributed by atoms with Gasteiger partial charge in [0.25, 0.3) is 0 Å². The third kappa shape index (κ3) is 4.27. The number of rotatable bonds is 6. The molecule has 0 aromatic heterocycles. The number of piperidine rings is 1. The highest BCUT2D eigenvalue weighted by Crippen LogP contribution is 2.30. The lowest BCUT2D eigenvalue weighted by atomic mass is 9.97. The van der Waals surface area contributed by atoms with Gasteiger partial charge >= 0.3 is 0 Å². The minimum atomic E-state index is -3.56. The molecule has 1 fully saturated rings. The largest absolute Gasteiger partial charge is 0.312 e. The van der Waals surface area contributed by atoms with Gasteiger partial charge in [-0.15, -0.1) is 0 Å². The van der Waals surface area contributed by atoms with Crippen LogP contribution in [0.2, 0.25) is 0 Å². The zero-order chi connectivity index (χ0) is 18.7. The maximum absolute atomic E-state index is 12.7. The second-order valence-electron chi connectivity index (χ2n) is 7.35. The fraction of sp³-hybridized carbons (Fsp3) is 0.632. The summed E-state index contributed by atoms with van der Waals surface area (Å²) in [5, 5.41) is 0. The number of hydrogen-bond donors (Lipinski definition) is 1. The summed E-state index contributed by atoms with van der Waals surface area (Å²) in [4.78, 5) is 16.1. The molecule has 26 heavy (non-hydrogen) atoms. The molecule has 1 N–H and O–H groups in total. The van der Waals surface area contributed by atoms with E-state index >= 15 is 0 Å². The van der Waals surface area contributed by atoms with Crippen molar-refractivity contribution < 1.29 is 13.2 Å². The van der Waals surface area contributed by atoms with Gasteiger partial charge in [-0.25, -0.2) is 13.1 Å². The number of anilines is 1. The minimum absolute atomic E-state index is 0.0508. The Morgan fingerprint density at radius 2 is 1.96 bits per heavy atom. The normalized spacial score (nSPS) is 18.9. The monoisotopic (exact) mass is 379 g/mol. The van der Waals surface area contributed by atoms with Gasteiger partial charge in [-0.3, -0.25) is 4.79 Å². The summed E-state index contributed by atoms with van der Waals surface area (Å²) in [7, 11) is -3.56. The number of amides is 1. The summed E-state index contributed by atoms with van der Waals surface area (Å²) in [6, 6.07) is 5.11. The first kappa shape index (κ1) is 19.3. The van der Waals surface area contributed by atoms with Gasteiger partial charge in [0.15, 0.2) is 0 Å². The summed E-state index contributed by atoms with van der Waals surface area (Å²) in [5.74, 6) is 0.339. The van der Waals surface area contributed by atoms with Crippen molar-refractivity contribution in [1.29, 1.82) is 0 Å². The van der Waals surface area contributed by atoms with Gasteiger partial charge in [0.1, 0.15) is 0 Å². The molecule has 3 rings (SSSR count). The molecule has 0 radical (unpaired) electrons. The SMILES string of the molecule is CCCN1CCC(CNS(=O)(=O)c2ccc3c(c2)N(C(C)=O)CC3)CC1. The molecule has 1 saturated heterocycles. The van der Waals surface area contributed by atoms with E-state index in [2.05, 4.69) is 16.5 Å². The van der Waals surface area contributed by atoms with E-state index in [1.54, 1.807) is 17.0 Å². The molecule has 0 atom stereocenters. The number of sulfonamides is 1. The van der Waals surface area contributed by atoms with Crippen LogP contribution in [0.25, 0.3) is 0 Å². The Hall–Kier alpha value is -1.44. The molecular weight excluding hydrogens is 350 g/mol. The van der Waals surface area contributed by atoms with Gasteiger partial charge in [0.2, 0.25) is 15.9 Å². The van der Waals surface area contributed by atoms with Crippen LogP contribution in [0.15, 0.2) is 23.1 Å². The summed E-state index contributed by atoms with van der Waals surface area (Å²) < 4.78 is 28.2. The van der Waals surface area contributed by atoms with Crippen molar-refractivity contribution in [2.24, 2.45) is 5.92 Å². The molecule has 0 bridgehead atoms. The molecule has 7 heteroatoms. The van der Waals surface area contributed by atoms with E-state index in [1.165, 1.54) is 6.92 Å². The van der Waals surface area contributed by atoms with Crippen LogP contribution in [-0.4, -0.2) is 51.9 Å². The molecule has 1 aromatic rings. The third-order valence-corrected chi connectivity index (χ3v) is 6.87. The molecule has 6 nitrogen and oxygen atoms in total. The number of fused-ring (bicyclic) bond motifs is 1. The highest BCUT2D eigenvalue weighted by molar-refractivity contribution is 7.89. The number of likely N-dealkylation sites (tertiary alicyclic amines) is 1. The van der Waals surface area contributed by atoms with Gasteiger partial charge in [0, 0.05) is 25.7 Å². The lowest BCUT2D eigenvalue weighted by Gasteiger charge is -2.31. The molecule has 1 aromatic carbocycles. The van der Waals surface area contributed by atoms with Crippen LogP contribution in [0.4, 0.5) is 5.69 Å². The van der Waals surface area contributed by atoms with Crippen LogP contribution in [0.5, 0.6) is 0 Å². The zero-order valence-corrected chi connectivity index (χ0v) is 16.5. The highest BCUT2D eigenvalue weighted by Gasteiger charge is 2.26. The van der Waals surface area contributed by atoms with Crippen molar-refractivity contribution in [3.8, 4) is 0 Å². The van der Waals surface area contributed by atoms with E-state index in [1.807, 2.05) is 6.07 Å². The molecule has 0 aliphatic carbocycles. The Labute approximate surface area is 156 Å². The lowest BCUT2D eigenvalue weighted by molar-refractivity contribution is -0.116. The Bertz CT molecular complexity index is 755. The molecular formula is C19H29N3O3S. The van der Waals surface area contributed by atoms with E-state index < -0.39 is 10.0 Å². The predicted octanol–water partition coefficient (Wildman–Crippen LogP) is 2.00. The van der Waals surface area contributed by atoms with Crippen molar-refractivity contribution in [2.45, 2.75) is 44.4 Å². The van der Waals surface area contributed by atoms with E-state index in [9.17, 15) is 13.2 Å². The van der Waals surface area contributed by atoms with E-state index in [0.29, 0.717) is 19.0 Å². The molecule has 144 valence electrons. The quantitative estimate of drug-likeness (QED) is 0.821. The smallest absolute Gasteiger partial charge is 0.240 e. The molecule has 0 spiro atoms. The molecule has 1 amide bonds. The summed E-state index contributed by atoms with van der Waals surface area (Å²) in [6.07, 6.45) is 4.00. The van der Waals surface area contributed by atoms with Crippen molar-refractivity contribution in [2.75, 3.05) is 37.6 Å². The second-order valence-corrected chi connectivity index (χ2v) is 9.12. The van der Waals surface area contributed by atoms with Gasteiger partial charge in [-0.2, -0.15) is 0 Å². The van der Waals surface area contributed by atoms with Crippen molar-refractivity contribution in [3.63, 3.8) is 0 Å². The highest BCUT2D eigenvalue weighted by atomic mass is 32.2. The van der Waals surface area contributed by atoms with Crippen molar-refractivity contribution in [1.82, 2.24) is 9.62 Å². The molecule has 0 unspecified atom stereocenters. The number of benzene rings is 1. The maximum atomic E-state index is 12.7. The zero-order valence-electron chi connectivity index (χ0n) is 15.7. The summed E-state index contributed by atoms with van der Waals surface area (Å²) in [5.41, 5.74) is 1.76. The Morgan fingerprint density at radius 3 is 2.62 bits per heavy atom.